The van der Waals surface area contributed by atoms with Gasteiger partial charge in [-0.25, -0.2) is 4.98 Å². The summed E-state index contributed by atoms with van der Waals surface area (Å²) in [7, 11) is 0. The van der Waals surface area contributed by atoms with Crippen LogP contribution in [-0.4, -0.2) is 20.9 Å². The van der Waals surface area contributed by atoms with Crippen LogP contribution in [0.4, 0.5) is 0 Å². The molecule has 0 amide bonds. The van der Waals surface area contributed by atoms with Crippen molar-refractivity contribution in [1.82, 2.24) is 15.0 Å². The SMILES string of the molecule is CC1CC(=O)Oc2cc(Oc3nc(-c4ccncc4)nc4c3CCC4)ccc21. The van der Waals surface area contributed by atoms with E-state index in [4.69, 9.17) is 14.5 Å². The van der Waals surface area contributed by atoms with E-state index in [1.54, 1.807) is 18.5 Å². The van der Waals surface area contributed by atoms with Gasteiger partial charge in [-0.05, 0) is 48.9 Å². The number of benzene rings is 1. The second kappa shape index (κ2) is 6.71. The maximum Gasteiger partial charge on any atom is 0.311 e. The second-order valence-electron chi connectivity index (χ2n) is 7.25. The van der Waals surface area contributed by atoms with Crippen molar-refractivity contribution in [2.24, 2.45) is 0 Å². The maximum absolute atomic E-state index is 11.8. The van der Waals surface area contributed by atoms with Gasteiger partial charge in [-0.3, -0.25) is 9.78 Å². The summed E-state index contributed by atoms with van der Waals surface area (Å²) in [6, 6.07) is 9.43. The quantitative estimate of drug-likeness (QED) is 0.505. The molecule has 3 aromatic rings. The highest BCUT2D eigenvalue weighted by Gasteiger charge is 2.25. The van der Waals surface area contributed by atoms with Gasteiger partial charge >= 0.3 is 5.97 Å². The number of hydrogen-bond donors (Lipinski definition) is 0. The van der Waals surface area contributed by atoms with Crippen molar-refractivity contribution in [3.05, 3.63) is 59.5 Å². The zero-order valence-electron chi connectivity index (χ0n) is 15.5. The number of carbonyl (C=O) groups is 1. The third kappa shape index (κ3) is 3.01. The summed E-state index contributed by atoms with van der Waals surface area (Å²) < 4.78 is 11.6. The molecule has 5 rings (SSSR count). The number of carbonyl (C=O) groups excluding carboxylic acids is 1. The molecular formula is C22H19N3O3. The molecule has 140 valence electrons. The highest BCUT2D eigenvalue weighted by molar-refractivity contribution is 5.76. The largest absolute Gasteiger partial charge is 0.438 e. The molecule has 6 nitrogen and oxygen atoms in total. The number of fused-ring (bicyclic) bond motifs is 2. The summed E-state index contributed by atoms with van der Waals surface area (Å²) >= 11 is 0. The van der Waals surface area contributed by atoms with Crippen molar-refractivity contribution >= 4 is 5.97 Å². The van der Waals surface area contributed by atoms with Crippen molar-refractivity contribution in [3.63, 3.8) is 0 Å². The Labute approximate surface area is 162 Å². The van der Waals surface area contributed by atoms with Gasteiger partial charge in [-0.1, -0.05) is 13.0 Å². The van der Waals surface area contributed by atoms with Crippen molar-refractivity contribution in [2.45, 2.75) is 38.5 Å². The fraction of sp³-hybridized carbons (Fsp3) is 0.273. The Morgan fingerprint density at radius 3 is 2.82 bits per heavy atom. The number of aryl methyl sites for hydroxylation is 1. The van der Waals surface area contributed by atoms with Gasteiger partial charge in [0.05, 0.1) is 12.1 Å². The lowest BCUT2D eigenvalue weighted by Crippen LogP contribution is -2.18. The highest BCUT2D eigenvalue weighted by Crippen LogP contribution is 2.39. The van der Waals surface area contributed by atoms with Gasteiger partial charge in [0.15, 0.2) is 5.82 Å². The Morgan fingerprint density at radius 2 is 1.96 bits per heavy atom. The van der Waals surface area contributed by atoms with Crippen molar-refractivity contribution in [1.29, 1.82) is 0 Å². The number of ether oxygens (including phenoxy) is 2. The molecule has 0 N–H and O–H groups in total. The first-order valence-corrected chi connectivity index (χ1v) is 9.50. The van der Waals surface area contributed by atoms with Crippen LogP contribution in [0.15, 0.2) is 42.7 Å². The molecule has 1 aliphatic heterocycles. The van der Waals surface area contributed by atoms with Crippen LogP contribution < -0.4 is 9.47 Å². The zero-order chi connectivity index (χ0) is 19.1. The predicted molar refractivity (Wildman–Crippen MR) is 102 cm³/mol. The number of hydrogen-bond acceptors (Lipinski definition) is 6. The molecule has 0 radical (unpaired) electrons. The van der Waals surface area contributed by atoms with Gasteiger partial charge in [0.25, 0.3) is 0 Å². The average molecular weight is 373 g/mol. The topological polar surface area (TPSA) is 74.2 Å². The van der Waals surface area contributed by atoms with E-state index < -0.39 is 0 Å². The summed E-state index contributed by atoms with van der Waals surface area (Å²) in [4.78, 5) is 25.2. The van der Waals surface area contributed by atoms with Crippen molar-refractivity contribution < 1.29 is 14.3 Å². The molecule has 1 unspecified atom stereocenters. The van der Waals surface area contributed by atoms with Crippen LogP contribution in [0.3, 0.4) is 0 Å². The summed E-state index contributed by atoms with van der Waals surface area (Å²) in [6.07, 6.45) is 6.72. The number of rotatable bonds is 3. The van der Waals surface area contributed by atoms with E-state index in [0.29, 0.717) is 29.6 Å². The Morgan fingerprint density at radius 1 is 1.11 bits per heavy atom. The van der Waals surface area contributed by atoms with Crippen LogP contribution in [0.25, 0.3) is 11.4 Å². The first kappa shape index (κ1) is 16.9. The lowest BCUT2D eigenvalue weighted by molar-refractivity contribution is -0.135. The van der Waals surface area contributed by atoms with Gasteiger partial charge in [-0.2, -0.15) is 4.98 Å². The molecule has 0 fully saturated rings. The molecular weight excluding hydrogens is 354 g/mol. The first-order chi connectivity index (χ1) is 13.7. The maximum atomic E-state index is 11.8. The Bertz CT molecular complexity index is 1070. The van der Waals surface area contributed by atoms with Gasteiger partial charge in [-0.15, -0.1) is 0 Å². The van der Waals surface area contributed by atoms with Gasteiger partial charge < -0.3 is 9.47 Å². The van der Waals surface area contributed by atoms with Gasteiger partial charge in [0.1, 0.15) is 11.5 Å². The molecule has 28 heavy (non-hydrogen) atoms. The molecule has 1 aromatic carbocycles. The summed E-state index contributed by atoms with van der Waals surface area (Å²) in [6.45, 7) is 2.03. The smallest absolute Gasteiger partial charge is 0.311 e. The standard InChI is InChI=1S/C22H19N3O3/c1-13-11-20(26)28-19-12-15(5-6-16(13)19)27-22-17-3-2-4-18(17)24-21(25-22)14-7-9-23-10-8-14/h5-10,12-13H,2-4,11H2,1H3. The molecule has 0 saturated heterocycles. The van der Waals surface area contributed by atoms with E-state index in [1.807, 2.05) is 31.2 Å². The monoisotopic (exact) mass is 373 g/mol. The van der Waals surface area contributed by atoms with Crippen LogP contribution in [0.2, 0.25) is 0 Å². The average Bonchev–Trinajstić information content (AvgIpc) is 3.17. The number of aromatic nitrogens is 3. The minimum absolute atomic E-state index is 0.145. The lowest BCUT2D eigenvalue weighted by Gasteiger charge is -2.22. The third-order valence-electron chi connectivity index (χ3n) is 5.26. The fourth-order valence-corrected chi connectivity index (χ4v) is 3.82. The summed E-state index contributed by atoms with van der Waals surface area (Å²) in [5.41, 5.74) is 4.02. The molecule has 3 heterocycles. The van der Waals surface area contributed by atoms with Crippen LogP contribution in [-0.2, 0) is 17.6 Å². The third-order valence-corrected chi connectivity index (χ3v) is 5.26. The molecule has 1 aliphatic carbocycles. The molecule has 2 aromatic heterocycles. The normalized spacial score (nSPS) is 17.6. The van der Waals surface area contributed by atoms with E-state index >= 15 is 0 Å². The predicted octanol–water partition coefficient (Wildman–Crippen LogP) is 4.23. The lowest BCUT2D eigenvalue weighted by atomic mass is 9.95. The minimum Gasteiger partial charge on any atom is -0.438 e. The van der Waals surface area contributed by atoms with E-state index in [-0.39, 0.29) is 11.9 Å². The summed E-state index contributed by atoms with van der Waals surface area (Å²) in [5, 5.41) is 0. The number of esters is 1. The van der Waals surface area contributed by atoms with E-state index in [0.717, 1.165) is 41.6 Å². The van der Waals surface area contributed by atoms with Crippen LogP contribution in [0, 0.1) is 0 Å². The van der Waals surface area contributed by atoms with Crippen LogP contribution >= 0.6 is 0 Å². The highest BCUT2D eigenvalue weighted by atomic mass is 16.5. The number of pyridine rings is 1. The van der Waals surface area contributed by atoms with E-state index in [2.05, 4.69) is 9.97 Å². The fourth-order valence-electron chi connectivity index (χ4n) is 3.82. The first-order valence-electron chi connectivity index (χ1n) is 9.50. The van der Waals surface area contributed by atoms with Gasteiger partial charge in [0.2, 0.25) is 5.88 Å². The van der Waals surface area contributed by atoms with Crippen molar-refractivity contribution in [2.75, 3.05) is 0 Å². The molecule has 0 spiro atoms. The molecule has 0 bridgehead atoms. The Balaban J connectivity index is 1.53. The molecule has 0 saturated carbocycles. The van der Waals surface area contributed by atoms with Crippen LogP contribution in [0.5, 0.6) is 17.4 Å². The van der Waals surface area contributed by atoms with Gasteiger partial charge in [0, 0.05) is 29.6 Å². The molecule has 2 aliphatic rings. The minimum atomic E-state index is -0.208. The van der Waals surface area contributed by atoms with E-state index in [9.17, 15) is 4.79 Å². The van der Waals surface area contributed by atoms with E-state index in [1.165, 1.54) is 0 Å². The van der Waals surface area contributed by atoms with Crippen LogP contribution in [0.1, 0.15) is 42.5 Å². The Kier molecular flexibility index (Phi) is 4.04. The molecule has 6 heteroatoms. The zero-order valence-corrected chi connectivity index (χ0v) is 15.5. The summed E-state index contributed by atoms with van der Waals surface area (Å²) in [5.74, 6) is 2.32. The van der Waals surface area contributed by atoms with Crippen molar-refractivity contribution in [3.8, 4) is 28.8 Å². The molecule has 1 atom stereocenters. The number of nitrogens with zero attached hydrogens (tertiary/aromatic N) is 3. The Hall–Kier alpha value is -3.28. The second-order valence-corrected chi connectivity index (χ2v) is 7.25.